The van der Waals surface area contributed by atoms with Crippen molar-refractivity contribution in [3.05, 3.63) is 335 Å². The van der Waals surface area contributed by atoms with E-state index in [1.54, 1.807) is 0 Å². The van der Waals surface area contributed by atoms with Crippen LogP contribution in [0.15, 0.2) is 291 Å². The van der Waals surface area contributed by atoms with Crippen LogP contribution in [0.25, 0.3) is 107 Å². The fraction of sp³-hybridized carbons (Fsp3) is 0.0714. The van der Waals surface area contributed by atoms with Crippen LogP contribution in [0.3, 0.4) is 0 Å². The normalized spacial score (nSPS) is 15.3. The van der Waals surface area contributed by atoms with Gasteiger partial charge in [0.05, 0.1) is 0 Å². The molecule has 13 aromatic rings. The third-order valence-corrected chi connectivity index (χ3v) is 20.5. The molecule has 2 unspecified atom stereocenters. The molecule has 0 amide bonds. The number of rotatable bonds is 12. The molecule has 1 fully saturated rings. The first-order chi connectivity index (χ1) is 42.2. The fourth-order valence-corrected chi connectivity index (χ4v) is 16.4. The Morgan fingerprint density at radius 3 is 0.976 bits per heavy atom. The summed E-state index contributed by atoms with van der Waals surface area (Å²) in [7, 11) is -0.909. The highest BCUT2D eigenvalue weighted by atomic mass is 31.1. The van der Waals surface area contributed by atoms with E-state index in [0.29, 0.717) is 11.8 Å². The highest BCUT2D eigenvalue weighted by molar-refractivity contribution is 7.79. The minimum Gasteiger partial charge on any atom is -0.0622 e. The Labute approximate surface area is 500 Å². The predicted octanol–water partition coefficient (Wildman–Crippen LogP) is 19.6. The molecule has 13 aromatic carbocycles. The molecule has 1 heteroatoms. The minimum absolute atomic E-state index is 0.510. The van der Waals surface area contributed by atoms with Crippen LogP contribution in [0.5, 0.6) is 0 Å². The maximum Gasteiger partial charge on any atom is -0.00264 e. The van der Waals surface area contributed by atoms with Crippen molar-refractivity contribution in [2.24, 2.45) is 11.8 Å². The molecular formula is C84H63P. The third kappa shape index (κ3) is 9.97. The second kappa shape index (κ2) is 23.2. The van der Waals surface area contributed by atoms with E-state index >= 15 is 0 Å². The quantitative estimate of drug-likeness (QED) is 0.0650. The van der Waals surface area contributed by atoms with E-state index in [0.717, 1.165) is 0 Å². The average molecular weight is 1100 g/mol. The maximum atomic E-state index is 2.46. The summed E-state index contributed by atoms with van der Waals surface area (Å²) in [5.41, 5.74) is 15.5. The molecule has 2 aliphatic rings. The molecule has 0 nitrogen and oxygen atoms in total. The van der Waals surface area contributed by atoms with Crippen molar-refractivity contribution >= 4 is 108 Å². The number of hydrogen-bond donors (Lipinski definition) is 0. The van der Waals surface area contributed by atoms with Gasteiger partial charge in [0, 0.05) is 0 Å². The fourth-order valence-electron chi connectivity index (χ4n) is 14.1. The molecule has 1 saturated carbocycles. The van der Waals surface area contributed by atoms with Gasteiger partial charge in [-0.05, 0) is 169 Å². The molecule has 404 valence electrons. The van der Waals surface area contributed by atoms with Gasteiger partial charge in [0.25, 0.3) is 0 Å². The maximum absolute atomic E-state index is 2.46. The van der Waals surface area contributed by atoms with Crippen molar-refractivity contribution in [2.45, 2.75) is 25.7 Å². The van der Waals surface area contributed by atoms with Gasteiger partial charge in [-0.15, -0.1) is 0 Å². The number of allylic oxidation sites excluding steroid dienone is 1. The molecule has 0 bridgehead atoms. The molecule has 0 aliphatic heterocycles. The van der Waals surface area contributed by atoms with Gasteiger partial charge in [-0.3, -0.25) is 0 Å². The van der Waals surface area contributed by atoms with Gasteiger partial charge in [-0.25, -0.2) is 0 Å². The van der Waals surface area contributed by atoms with Gasteiger partial charge in [-0.2, -0.15) is 0 Å². The SMILES string of the molecule is C(=C\c1ccc(P(c2ccc(/C=C/c3c4ccccc4c(-c4ccccc4)c4ccccc34)cc2)c2ccc(/C=C/c3c4ccccc4c(-c4ccccc4)c4ccccc34)cc2)cc1)/C1=c2ccccc2=C(c2ccccc2)C2CCCCC12. The zero-order valence-corrected chi connectivity index (χ0v) is 48.4. The highest BCUT2D eigenvalue weighted by Crippen LogP contribution is 2.45. The van der Waals surface area contributed by atoms with E-state index in [9.17, 15) is 0 Å². The third-order valence-electron chi connectivity index (χ3n) is 18.0. The van der Waals surface area contributed by atoms with E-state index in [2.05, 4.69) is 322 Å². The van der Waals surface area contributed by atoms with E-state index in [1.165, 1.54) is 162 Å². The molecular weight excluding hydrogens is 1040 g/mol. The molecule has 2 aliphatic carbocycles. The lowest BCUT2D eigenvalue weighted by molar-refractivity contribution is 0.353. The first-order valence-corrected chi connectivity index (χ1v) is 31.6. The number of hydrogen-bond acceptors (Lipinski definition) is 0. The largest absolute Gasteiger partial charge is 0.0622 e. The first-order valence-electron chi connectivity index (χ1n) is 30.2. The standard InChI is InChI=1S/C84H63P/c1-4-22-61(23-5-1)82-76-34-16-10-28-67(76)73(68-29-11-17-35-77(68)82)55-46-58-40-49-64(50-41-58)85(65-51-42-59(43-52-65)47-56-74-69-30-12-18-36-78(69)83(62-24-6-2-7-25-62)79-37-19-13-31-70(74)79)66-53-44-60(45-54-66)48-57-75-71-32-14-20-38-80(71)84(63-26-8-3-9-27-63)81-39-21-15-33-72(75)81/h1-14,16-20,22-32,34-38,40-57,72,81H,15,21,33,39H2/b55-46+,56-47+,57-48+. The van der Waals surface area contributed by atoms with E-state index < -0.39 is 7.92 Å². The van der Waals surface area contributed by atoms with Crippen molar-refractivity contribution in [2.75, 3.05) is 0 Å². The van der Waals surface area contributed by atoms with Crippen LogP contribution in [0.4, 0.5) is 0 Å². The van der Waals surface area contributed by atoms with Crippen LogP contribution in [0.1, 0.15) is 59.1 Å². The Hall–Kier alpha value is -9.71. The Balaban J connectivity index is 0.790. The van der Waals surface area contributed by atoms with Gasteiger partial charge >= 0.3 is 0 Å². The first kappa shape index (κ1) is 52.1. The molecule has 0 heterocycles. The lowest BCUT2D eigenvalue weighted by Crippen LogP contribution is -2.41. The van der Waals surface area contributed by atoms with E-state index in [1.807, 2.05) is 0 Å². The lowest BCUT2D eigenvalue weighted by Gasteiger charge is -2.37. The number of fused-ring (bicyclic) bond motifs is 6. The van der Waals surface area contributed by atoms with Gasteiger partial charge in [0.2, 0.25) is 0 Å². The van der Waals surface area contributed by atoms with Gasteiger partial charge in [-0.1, -0.05) is 334 Å². The Morgan fingerprint density at radius 1 is 0.259 bits per heavy atom. The average Bonchev–Trinajstić information content (AvgIpc) is 3.12. The molecule has 0 saturated heterocycles. The van der Waals surface area contributed by atoms with Crippen LogP contribution >= 0.6 is 7.92 Å². The van der Waals surface area contributed by atoms with E-state index in [-0.39, 0.29) is 0 Å². The highest BCUT2D eigenvalue weighted by Gasteiger charge is 2.34. The van der Waals surface area contributed by atoms with Crippen LogP contribution in [-0.2, 0) is 0 Å². The van der Waals surface area contributed by atoms with Crippen LogP contribution < -0.4 is 26.4 Å². The summed E-state index contributed by atoms with van der Waals surface area (Å²) in [6.45, 7) is 0. The van der Waals surface area contributed by atoms with Crippen LogP contribution in [0, 0.1) is 11.8 Å². The molecule has 2 atom stereocenters. The Morgan fingerprint density at radius 2 is 0.576 bits per heavy atom. The van der Waals surface area contributed by atoms with Crippen LogP contribution in [-0.4, -0.2) is 0 Å². The lowest BCUT2D eigenvalue weighted by atomic mass is 9.67. The molecule has 0 aromatic heterocycles. The summed E-state index contributed by atoms with van der Waals surface area (Å²) < 4.78 is 0. The second-order valence-corrected chi connectivity index (χ2v) is 25.1. The summed E-state index contributed by atoms with van der Waals surface area (Å²) in [5.74, 6) is 1.04. The Bertz CT molecular complexity index is 4510. The molecule has 0 spiro atoms. The summed E-state index contributed by atoms with van der Waals surface area (Å²) in [5, 5.41) is 16.9. The summed E-state index contributed by atoms with van der Waals surface area (Å²) in [6.07, 6.45) is 19.1. The molecule has 0 N–H and O–H groups in total. The molecule has 0 radical (unpaired) electrons. The molecule has 15 rings (SSSR count). The number of benzene rings is 13. The van der Waals surface area contributed by atoms with Crippen molar-refractivity contribution in [1.82, 2.24) is 0 Å². The van der Waals surface area contributed by atoms with Crippen LogP contribution in [0.2, 0.25) is 0 Å². The zero-order chi connectivity index (χ0) is 56.5. The summed E-state index contributed by atoms with van der Waals surface area (Å²) in [4.78, 5) is 0. The van der Waals surface area contributed by atoms with Gasteiger partial charge < -0.3 is 0 Å². The summed E-state index contributed by atoms with van der Waals surface area (Å²) >= 11 is 0. The monoisotopic (exact) mass is 1100 g/mol. The topological polar surface area (TPSA) is 0 Å². The Kier molecular flexibility index (Phi) is 14.2. The van der Waals surface area contributed by atoms with Crippen molar-refractivity contribution in [3.8, 4) is 22.3 Å². The minimum atomic E-state index is -0.909. The second-order valence-electron chi connectivity index (χ2n) is 22.9. The predicted molar refractivity (Wildman–Crippen MR) is 369 cm³/mol. The summed E-state index contributed by atoms with van der Waals surface area (Å²) in [6, 6.07) is 106. The van der Waals surface area contributed by atoms with Gasteiger partial charge in [0.15, 0.2) is 0 Å². The van der Waals surface area contributed by atoms with Crippen molar-refractivity contribution < 1.29 is 0 Å². The molecule has 85 heavy (non-hydrogen) atoms. The van der Waals surface area contributed by atoms with Crippen molar-refractivity contribution in [3.63, 3.8) is 0 Å². The van der Waals surface area contributed by atoms with Gasteiger partial charge in [0.1, 0.15) is 0 Å². The smallest absolute Gasteiger partial charge is 0.00264 e. The zero-order valence-electron chi connectivity index (χ0n) is 47.5. The van der Waals surface area contributed by atoms with Crippen molar-refractivity contribution in [1.29, 1.82) is 0 Å². The van der Waals surface area contributed by atoms with E-state index in [4.69, 9.17) is 0 Å².